The van der Waals surface area contributed by atoms with Crippen molar-refractivity contribution in [2.45, 2.75) is 28.8 Å². The molecule has 1 aliphatic rings. The van der Waals surface area contributed by atoms with Gasteiger partial charge in [-0.15, -0.1) is 0 Å². The van der Waals surface area contributed by atoms with Gasteiger partial charge in [0.05, 0.1) is 12.9 Å². The normalized spacial score (nSPS) is 29.2. The van der Waals surface area contributed by atoms with E-state index in [0.29, 0.717) is 0 Å². The molecular formula is C11H14IN5O6. The number of ether oxygens (including phenoxy) is 2. The molecule has 0 radical (unpaired) electrons. The standard InChI is InChI=1S/C11H14IN5O6/c12-10(21)22-1-3-5(18)6(19)9(23-3)17-2-14-4-7(17)15-11(13)16-8(4)20/h2-3,5-6,9-10,18-19,21H,1H2,(H3,13,15,16,20). The van der Waals surface area contributed by atoms with Gasteiger partial charge in [0.2, 0.25) is 10.2 Å². The van der Waals surface area contributed by atoms with Gasteiger partial charge in [-0.25, -0.2) is 4.98 Å². The summed E-state index contributed by atoms with van der Waals surface area (Å²) in [5, 5.41) is 29.3. The Labute approximate surface area is 142 Å². The van der Waals surface area contributed by atoms with Crippen LogP contribution in [-0.2, 0) is 9.47 Å². The predicted molar refractivity (Wildman–Crippen MR) is 84.5 cm³/mol. The summed E-state index contributed by atoms with van der Waals surface area (Å²) in [6.07, 6.45) is -3.16. The molecule has 126 valence electrons. The van der Waals surface area contributed by atoms with E-state index in [1.165, 1.54) is 10.9 Å². The van der Waals surface area contributed by atoms with Crippen molar-refractivity contribution in [3.63, 3.8) is 0 Å². The van der Waals surface area contributed by atoms with Crippen molar-refractivity contribution in [3.05, 3.63) is 16.7 Å². The number of aliphatic hydroxyl groups is 3. The number of imidazole rings is 1. The van der Waals surface area contributed by atoms with Gasteiger partial charge in [0.15, 0.2) is 17.4 Å². The Morgan fingerprint density at radius 3 is 2.96 bits per heavy atom. The smallest absolute Gasteiger partial charge is 0.280 e. The molecule has 5 atom stereocenters. The molecule has 0 aliphatic carbocycles. The fourth-order valence-corrected chi connectivity index (χ4v) is 2.61. The first-order valence-electron chi connectivity index (χ1n) is 6.56. The van der Waals surface area contributed by atoms with E-state index in [9.17, 15) is 15.0 Å². The fraction of sp³-hybridized carbons (Fsp3) is 0.545. The first kappa shape index (κ1) is 16.5. The lowest BCUT2D eigenvalue weighted by Gasteiger charge is -2.16. The molecule has 6 N–H and O–H groups in total. The van der Waals surface area contributed by atoms with Crippen molar-refractivity contribution in [2.24, 2.45) is 0 Å². The minimum Gasteiger partial charge on any atom is -0.387 e. The number of H-pyrrole nitrogens is 1. The molecule has 0 spiro atoms. The third-order valence-corrected chi connectivity index (χ3v) is 3.82. The summed E-state index contributed by atoms with van der Waals surface area (Å²) >= 11 is 1.63. The zero-order valence-corrected chi connectivity index (χ0v) is 13.7. The summed E-state index contributed by atoms with van der Waals surface area (Å²) in [7, 11) is 0. The van der Waals surface area contributed by atoms with E-state index in [4.69, 9.17) is 20.3 Å². The van der Waals surface area contributed by atoms with Crippen LogP contribution in [0.2, 0.25) is 0 Å². The van der Waals surface area contributed by atoms with Crippen molar-refractivity contribution in [3.8, 4) is 0 Å². The molecule has 1 aliphatic heterocycles. The van der Waals surface area contributed by atoms with Crippen molar-refractivity contribution in [1.82, 2.24) is 19.5 Å². The number of hydrogen-bond donors (Lipinski definition) is 5. The van der Waals surface area contributed by atoms with Crippen molar-refractivity contribution in [2.75, 3.05) is 12.3 Å². The van der Waals surface area contributed by atoms with Gasteiger partial charge in [-0.05, 0) is 22.6 Å². The number of alkyl halides is 1. The lowest BCUT2D eigenvalue weighted by molar-refractivity contribution is -0.0993. The maximum atomic E-state index is 11.8. The van der Waals surface area contributed by atoms with E-state index in [-0.39, 0.29) is 23.7 Å². The van der Waals surface area contributed by atoms with E-state index in [2.05, 4.69) is 15.0 Å². The van der Waals surface area contributed by atoms with Crippen LogP contribution in [0, 0.1) is 0 Å². The molecule has 0 saturated carbocycles. The highest BCUT2D eigenvalue weighted by atomic mass is 127. The van der Waals surface area contributed by atoms with Gasteiger partial charge in [-0.1, -0.05) is 0 Å². The number of nitrogens with one attached hydrogen (secondary N) is 1. The number of fused-ring (bicyclic) bond motifs is 1. The molecular weight excluding hydrogens is 425 g/mol. The van der Waals surface area contributed by atoms with Crippen LogP contribution in [0.4, 0.5) is 5.95 Å². The summed E-state index contributed by atoms with van der Waals surface area (Å²) in [4.78, 5) is 22.0. The molecule has 11 nitrogen and oxygen atoms in total. The number of nitrogens with two attached hydrogens (primary N) is 1. The molecule has 0 aromatic carbocycles. The number of rotatable bonds is 4. The Kier molecular flexibility index (Phi) is 4.52. The van der Waals surface area contributed by atoms with E-state index >= 15 is 0 Å². The quantitative estimate of drug-likeness (QED) is 0.207. The minimum absolute atomic E-state index is 0.0341. The summed E-state index contributed by atoms with van der Waals surface area (Å²) in [6.45, 7) is -0.123. The summed E-state index contributed by atoms with van der Waals surface area (Å²) in [5.74, 6) is -0.106. The lowest BCUT2D eigenvalue weighted by Crippen LogP contribution is -2.34. The highest BCUT2D eigenvalue weighted by molar-refractivity contribution is 14.1. The third kappa shape index (κ3) is 3.05. The van der Waals surface area contributed by atoms with E-state index in [1.807, 2.05) is 0 Å². The van der Waals surface area contributed by atoms with Crippen LogP contribution in [0.3, 0.4) is 0 Å². The van der Waals surface area contributed by atoms with Gasteiger partial charge in [-0.3, -0.25) is 14.3 Å². The first-order chi connectivity index (χ1) is 10.9. The second kappa shape index (κ2) is 6.29. The highest BCUT2D eigenvalue weighted by Crippen LogP contribution is 2.31. The van der Waals surface area contributed by atoms with Gasteiger partial charge >= 0.3 is 0 Å². The fourth-order valence-electron chi connectivity index (χ4n) is 2.40. The molecule has 2 aromatic heterocycles. The monoisotopic (exact) mass is 439 g/mol. The molecule has 0 amide bonds. The average Bonchev–Trinajstić information content (AvgIpc) is 3.00. The van der Waals surface area contributed by atoms with E-state index in [0.717, 1.165) is 0 Å². The van der Waals surface area contributed by atoms with Crippen LogP contribution in [-0.4, -0.2) is 64.1 Å². The van der Waals surface area contributed by atoms with E-state index < -0.39 is 34.4 Å². The molecule has 3 rings (SSSR count). The minimum atomic E-state index is -1.30. The molecule has 23 heavy (non-hydrogen) atoms. The van der Waals surface area contributed by atoms with Crippen LogP contribution in [0.25, 0.3) is 11.2 Å². The summed E-state index contributed by atoms with van der Waals surface area (Å²) in [6, 6.07) is 0. The van der Waals surface area contributed by atoms with Crippen LogP contribution in [0.1, 0.15) is 6.23 Å². The molecule has 3 heterocycles. The second-order valence-corrected chi connectivity index (χ2v) is 6.01. The van der Waals surface area contributed by atoms with Crippen LogP contribution >= 0.6 is 22.6 Å². The van der Waals surface area contributed by atoms with Crippen LogP contribution in [0.5, 0.6) is 0 Å². The molecule has 0 bridgehead atoms. The van der Waals surface area contributed by atoms with Gasteiger partial charge in [-0.2, -0.15) is 4.98 Å². The zero-order chi connectivity index (χ0) is 16.7. The highest BCUT2D eigenvalue weighted by Gasteiger charge is 2.44. The molecule has 12 heteroatoms. The van der Waals surface area contributed by atoms with Gasteiger partial charge in [0.1, 0.15) is 18.3 Å². The number of halogens is 1. The number of aromatic amines is 1. The van der Waals surface area contributed by atoms with E-state index in [1.54, 1.807) is 22.6 Å². The zero-order valence-electron chi connectivity index (χ0n) is 11.5. The Morgan fingerprint density at radius 1 is 1.52 bits per heavy atom. The first-order valence-corrected chi connectivity index (χ1v) is 7.80. The number of hydrogen-bond acceptors (Lipinski definition) is 9. The Hall–Kier alpha value is -1.32. The van der Waals surface area contributed by atoms with Crippen molar-refractivity contribution < 1.29 is 24.8 Å². The predicted octanol–water partition coefficient (Wildman–Crippen LogP) is -1.95. The topological polar surface area (TPSA) is 169 Å². The SMILES string of the molecule is Nc1nc2c(ncn2C2OC(COC(O)I)C(O)C2O)c(=O)[nH]1. The number of anilines is 1. The lowest BCUT2D eigenvalue weighted by atomic mass is 10.1. The second-order valence-electron chi connectivity index (χ2n) is 4.95. The summed E-state index contributed by atoms with van der Waals surface area (Å²) in [5.41, 5.74) is 5.15. The van der Waals surface area contributed by atoms with Gasteiger partial charge in [0.25, 0.3) is 5.56 Å². The molecule has 2 aromatic rings. The molecule has 1 fully saturated rings. The maximum absolute atomic E-state index is 11.8. The maximum Gasteiger partial charge on any atom is 0.280 e. The number of aromatic nitrogens is 4. The number of nitrogen functional groups attached to an aromatic ring is 1. The van der Waals surface area contributed by atoms with Crippen molar-refractivity contribution >= 4 is 39.7 Å². The Bertz CT molecular complexity index is 763. The molecule has 1 saturated heterocycles. The van der Waals surface area contributed by atoms with Crippen molar-refractivity contribution in [1.29, 1.82) is 0 Å². The summed E-state index contributed by atoms with van der Waals surface area (Å²) < 4.78 is 10.8. The van der Waals surface area contributed by atoms with Crippen LogP contribution in [0.15, 0.2) is 11.1 Å². The number of nitrogens with zero attached hydrogens (tertiary/aromatic N) is 3. The number of aliphatic hydroxyl groups excluding tert-OH is 3. The largest absolute Gasteiger partial charge is 0.387 e. The van der Waals surface area contributed by atoms with Gasteiger partial charge in [0, 0.05) is 0 Å². The Morgan fingerprint density at radius 2 is 2.26 bits per heavy atom. The Balaban J connectivity index is 1.91. The third-order valence-electron chi connectivity index (χ3n) is 3.46. The average molecular weight is 439 g/mol. The molecule has 5 unspecified atom stereocenters. The van der Waals surface area contributed by atoms with Gasteiger partial charge < -0.3 is 30.5 Å². The van der Waals surface area contributed by atoms with Crippen LogP contribution < -0.4 is 11.3 Å².